The highest BCUT2D eigenvalue weighted by atomic mass is 16.5. The first-order chi connectivity index (χ1) is 24.4. The van der Waals surface area contributed by atoms with E-state index in [1.54, 1.807) is 13.8 Å². The van der Waals surface area contributed by atoms with Gasteiger partial charge in [-0.05, 0) is 87.9 Å². The fourth-order valence-corrected chi connectivity index (χ4v) is 14.1. The Morgan fingerprint density at radius 1 is 1.12 bits per heavy atom. The Kier molecular flexibility index (Phi) is 8.79. The van der Waals surface area contributed by atoms with Crippen molar-refractivity contribution in [2.45, 2.75) is 134 Å². The second kappa shape index (κ2) is 12.2. The number of nitrogens with two attached hydrogens (primary N) is 2. The van der Waals surface area contributed by atoms with Gasteiger partial charge in [0.1, 0.15) is 12.3 Å². The van der Waals surface area contributed by atoms with Gasteiger partial charge in [-0.25, -0.2) is 0 Å². The van der Waals surface area contributed by atoms with E-state index < -0.39 is 81.1 Å². The summed E-state index contributed by atoms with van der Waals surface area (Å²) in [5.74, 6) is -1.85. The summed E-state index contributed by atoms with van der Waals surface area (Å²) < 4.78 is 6.09. The molecular weight excluding hydrogens is 662 g/mol. The number of aliphatic imine (C=N–C) groups is 1. The molecule has 52 heavy (non-hydrogen) atoms. The van der Waals surface area contributed by atoms with Crippen molar-refractivity contribution in [2.75, 3.05) is 19.7 Å². The Bertz CT molecular complexity index is 1540. The van der Waals surface area contributed by atoms with Gasteiger partial charge in [-0.3, -0.25) is 15.5 Å². The molecule has 9 rings (SSSR count). The maximum atomic E-state index is 15.3. The van der Waals surface area contributed by atoms with Gasteiger partial charge in [0.15, 0.2) is 5.78 Å². The highest BCUT2D eigenvalue weighted by Gasteiger charge is 2.82. The van der Waals surface area contributed by atoms with Gasteiger partial charge in [0.2, 0.25) is 0 Å². The number of allylic oxidation sites excluding steroid dienone is 4. The average Bonchev–Trinajstić information content (AvgIpc) is 3.46. The molecule has 2 bridgehead atoms. The van der Waals surface area contributed by atoms with E-state index in [4.69, 9.17) is 15.5 Å². The third-order valence-electron chi connectivity index (χ3n) is 17.0. The summed E-state index contributed by atoms with van der Waals surface area (Å²) in [4.78, 5) is 20.2. The van der Waals surface area contributed by atoms with Gasteiger partial charge in [0.05, 0.1) is 54.4 Å². The van der Waals surface area contributed by atoms with Gasteiger partial charge >= 0.3 is 0 Å². The minimum absolute atomic E-state index is 0.00732. The standard InChI is InChI=1S/C41H63N3O8/c1-21-19-52-33(23(21)3)35(49)37(5,50)29-9-11-41(51)34-31(44-17-22(2)45)32(48)26-14-27(46)28(47)16-39(26)20-38(25-6-7-30(42)43-18-25)10-8-24(15-36(29,41)4)40(34,39)13-12-38/h8,10,12-13,21-30,33-35,43,45-47,49-51H,6-7,9,11,14-20,42H2,1-5H3/p+1/t21-,22-,23-,24?,25?,26-,27+,28-,29+,30?,33+,34-,35+,36+,37+,38-,39+,40-,41-/m0/s1. The average molecular weight is 727 g/mol. The van der Waals surface area contributed by atoms with E-state index in [0.29, 0.717) is 32.3 Å². The number of aliphatic hydroxyl groups is 6. The monoisotopic (exact) mass is 726 g/mol. The molecule has 19 atom stereocenters. The third kappa shape index (κ3) is 4.76. The second-order valence-electron chi connectivity index (χ2n) is 19.5. The number of hydrogen-bond donors (Lipinski definition) is 8. The summed E-state index contributed by atoms with van der Waals surface area (Å²) in [6.45, 7) is 10.9. The molecule has 3 unspecified atom stereocenters. The molecule has 0 aromatic heterocycles. The normalized spacial score (nSPS) is 55.3. The fourth-order valence-electron chi connectivity index (χ4n) is 14.1. The van der Waals surface area contributed by atoms with Crippen molar-refractivity contribution in [1.29, 1.82) is 0 Å². The topological polar surface area (TPSA) is 203 Å². The Balaban J connectivity index is 1.33. The highest BCUT2D eigenvalue weighted by Crippen LogP contribution is 2.80. The molecule has 11 nitrogen and oxygen atoms in total. The molecule has 0 aromatic carbocycles. The predicted octanol–water partition coefficient (Wildman–Crippen LogP) is 0.836. The van der Waals surface area contributed by atoms with E-state index in [0.717, 1.165) is 19.4 Å². The van der Waals surface area contributed by atoms with E-state index in [2.05, 4.69) is 43.5 Å². The zero-order valence-corrected chi connectivity index (χ0v) is 31.7. The smallest absolute Gasteiger partial charge is 0.180 e. The van der Waals surface area contributed by atoms with Crippen LogP contribution in [0, 0.1) is 63.1 Å². The number of fused-ring (bicyclic) bond motifs is 2. The number of rotatable bonds is 6. The van der Waals surface area contributed by atoms with Gasteiger partial charge in [-0.2, -0.15) is 0 Å². The lowest BCUT2D eigenvalue weighted by Gasteiger charge is -2.73. The lowest BCUT2D eigenvalue weighted by Crippen LogP contribution is -2.95. The zero-order valence-electron chi connectivity index (χ0n) is 31.7. The van der Waals surface area contributed by atoms with E-state index in [-0.39, 0.29) is 60.7 Å². The van der Waals surface area contributed by atoms with E-state index in [9.17, 15) is 30.6 Å². The molecule has 7 aliphatic carbocycles. The van der Waals surface area contributed by atoms with Gasteiger partial charge in [0, 0.05) is 47.0 Å². The number of ketones is 1. The first-order valence-corrected chi connectivity index (χ1v) is 20.2. The highest BCUT2D eigenvalue weighted by molar-refractivity contribution is 6.43. The number of piperidine rings is 1. The van der Waals surface area contributed by atoms with E-state index in [1.165, 1.54) is 0 Å². The van der Waals surface area contributed by atoms with Crippen molar-refractivity contribution in [3.8, 4) is 0 Å². The molecule has 2 heterocycles. The Morgan fingerprint density at radius 2 is 1.87 bits per heavy atom. The molecule has 2 saturated heterocycles. The SMILES string of the molecule is C[C@@H]1[C@H]([C@@H](O)[C@](C)(O)[C@@H]2CC[C@]3(O)[C@H]4C(=NC[C@H](C)O)C(=O)[C@@H]5C[C@@H](O)[C@@H](O)C[C@@]56C[C@]5(C7CCC(N)[NH2+]C7)C=CC(C[C@]23C)[C@@]46C=C5)OC[C@@H]1C. The largest absolute Gasteiger partial charge is 0.391 e. The van der Waals surface area contributed by atoms with Gasteiger partial charge in [-0.15, -0.1) is 0 Å². The van der Waals surface area contributed by atoms with E-state index >= 15 is 4.79 Å². The summed E-state index contributed by atoms with van der Waals surface area (Å²) in [7, 11) is 0. The first-order valence-electron chi connectivity index (χ1n) is 20.2. The quantitative estimate of drug-likeness (QED) is 0.183. The van der Waals surface area contributed by atoms with Gasteiger partial charge < -0.3 is 40.7 Å². The van der Waals surface area contributed by atoms with Crippen LogP contribution in [0.4, 0.5) is 0 Å². The van der Waals surface area contributed by atoms with Crippen LogP contribution >= 0.6 is 0 Å². The van der Waals surface area contributed by atoms with Crippen LogP contribution < -0.4 is 11.1 Å². The number of Topliss-reactive ketones (excluding diaryl/α,β-unsaturated/α-hetero) is 1. The van der Waals surface area contributed by atoms with Crippen LogP contribution in [0.3, 0.4) is 0 Å². The lowest BCUT2D eigenvalue weighted by molar-refractivity contribution is -0.704. The lowest BCUT2D eigenvalue weighted by atomic mass is 9.30. The number of aliphatic hydroxyl groups excluding tert-OH is 4. The summed E-state index contributed by atoms with van der Waals surface area (Å²) in [6.07, 6.45) is 8.68. The number of carbonyl (C=O) groups is 1. The number of carbonyl (C=O) groups excluding carboxylic acids is 1. The molecule has 0 radical (unpaired) electrons. The van der Waals surface area contributed by atoms with Crippen molar-refractivity contribution in [3.63, 3.8) is 0 Å². The van der Waals surface area contributed by atoms with Crippen molar-refractivity contribution < 1.29 is 45.5 Å². The van der Waals surface area contributed by atoms with Crippen molar-refractivity contribution in [2.24, 2.45) is 73.8 Å². The summed E-state index contributed by atoms with van der Waals surface area (Å²) in [5.41, 5.74) is 0.478. The second-order valence-corrected chi connectivity index (χ2v) is 19.5. The van der Waals surface area contributed by atoms with Gasteiger partial charge in [-0.1, -0.05) is 45.1 Å². The number of hydrogen-bond acceptors (Lipinski definition) is 10. The molecule has 6 fully saturated rings. The maximum Gasteiger partial charge on any atom is 0.180 e. The molecule has 290 valence electrons. The summed E-state index contributed by atoms with van der Waals surface area (Å²) >= 11 is 0. The molecule has 4 saturated carbocycles. The Morgan fingerprint density at radius 3 is 2.52 bits per heavy atom. The third-order valence-corrected chi connectivity index (χ3v) is 17.0. The fraction of sp³-hybridized carbons (Fsp3) is 0.854. The number of nitrogens with zero attached hydrogens (tertiary/aromatic N) is 1. The van der Waals surface area contributed by atoms with E-state index in [1.807, 2.05) is 6.92 Å². The maximum absolute atomic E-state index is 15.3. The number of ether oxygens (including phenoxy) is 1. The zero-order chi connectivity index (χ0) is 37.4. The molecule has 2 spiro atoms. The van der Waals surface area contributed by atoms with Crippen molar-refractivity contribution >= 4 is 11.5 Å². The van der Waals surface area contributed by atoms with Crippen LogP contribution in [0.2, 0.25) is 0 Å². The predicted molar refractivity (Wildman–Crippen MR) is 193 cm³/mol. The molecule has 11 heteroatoms. The summed E-state index contributed by atoms with van der Waals surface area (Å²) in [5, 5.41) is 73.8. The molecule has 2 aliphatic heterocycles. The molecule has 0 aromatic rings. The molecule has 9 aliphatic rings. The van der Waals surface area contributed by atoms with Crippen molar-refractivity contribution in [1.82, 2.24) is 0 Å². The van der Waals surface area contributed by atoms with Crippen molar-refractivity contribution in [3.05, 3.63) is 24.3 Å². The first kappa shape index (κ1) is 37.4. The number of quaternary nitrogens is 1. The van der Waals surface area contributed by atoms with Crippen LogP contribution in [0.5, 0.6) is 0 Å². The van der Waals surface area contributed by atoms with Crippen LogP contribution in [-0.4, -0.2) is 110 Å². The minimum atomic E-state index is -1.62. The van der Waals surface area contributed by atoms with Crippen LogP contribution in [-0.2, 0) is 9.53 Å². The molecular formula is C41H64N3O8+. The summed E-state index contributed by atoms with van der Waals surface area (Å²) in [6, 6.07) is 0. The Labute approximate surface area is 308 Å². The van der Waals surface area contributed by atoms with Crippen LogP contribution in [0.15, 0.2) is 29.3 Å². The van der Waals surface area contributed by atoms with Gasteiger partial charge in [0.25, 0.3) is 0 Å². The molecule has 10 N–H and O–H groups in total. The van der Waals surface area contributed by atoms with Crippen LogP contribution in [0.1, 0.15) is 86.0 Å². The van der Waals surface area contributed by atoms with Crippen LogP contribution in [0.25, 0.3) is 0 Å². The molecule has 0 amide bonds. The minimum Gasteiger partial charge on any atom is -0.391 e. The Hall–Kier alpha value is -1.54.